The Labute approximate surface area is 189 Å². The summed E-state index contributed by atoms with van der Waals surface area (Å²) in [5.41, 5.74) is 1.29. The third-order valence-electron chi connectivity index (χ3n) is 4.86. The summed E-state index contributed by atoms with van der Waals surface area (Å²) in [4.78, 5) is 29.6. The number of rotatable bonds is 8. The number of carbonyl (C=O) groups is 2. The van der Waals surface area contributed by atoms with E-state index in [1.165, 1.54) is 12.1 Å². The fourth-order valence-electron chi connectivity index (χ4n) is 3.16. The van der Waals surface area contributed by atoms with E-state index in [1.54, 1.807) is 58.5 Å². The molecule has 0 atom stereocenters. The molecule has 7 heteroatoms. The third-order valence-corrected chi connectivity index (χ3v) is 5.55. The van der Waals surface area contributed by atoms with E-state index in [9.17, 15) is 14.0 Å². The molecular weight excluding hydrogens is 463 g/mol. The van der Waals surface area contributed by atoms with Crippen molar-refractivity contribution >= 4 is 27.7 Å². The number of halogens is 2. The predicted octanol–water partition coefficient (Wildman–Crippen LogP) is 5.26. The number of amides is 2. The molecule has 0 radical (unpaired) electrons. The molecule has 0 aliphatic heterocycles. The number of nitrogens with zero attached hydrogens (tertiary/aromatic N) is 2. The lowest BCUT2D eigenvalue weighted by Gasteiger charge is -2.30. The van der Waals surface area contributed by atoms with E-state index in [1.807, 2.05) is 19.9 Å². The second kappa shape index (κ2) is 10.4. The SMILES string of the molecule is CC(C)N(CC(=O)N(Cc1ccc(F)cc1)Cc1ccco1)C(=O)c1ccccc1Br. The van der Waals surface area contributed by atoms with Crippen LogP contribution < -0.4 is 0 Å². The van der Waals surface area contributed by atoms with Gasteiger partial charge in [0.2, 0.25) is 5.91 Å². The lowest BCUT2D eigenvalue weighted by atomic mass is 10.1. The number of benzene rings is 2. The van der Waals surface area contributed by atoms with Gasteiger partial charge >= 0.3 is 0 Å². The standard InChI is InChI=1S/C24H24BrFN2O3/c1-17(2)28(24(30)21-7-3-4-8-22(21)25)16-23(29)27(15-20-6-5-13-31-20)14-18-9-11-19(26)12-10-18/h3-13,17H,14-16H2,1-2H3. The zero-order chi connectivity index (χ0) is 22.4. The highest BCUT2D eigenvalue weighted by molar-refractivity contribution is 9.10. The Hall–Kier alpha value is -2.93. The molecule has 5 nitrogen and oxygen atoms in total. The molecule has 3 rings (SSSR count). The van der Waals surface area contributed by atoms with E-state index < -0.39 is 0 Å². The van der Waals surface area contributed by atoms with E-state index in [-0.39, 0.29) is 43.3 Å². The molecule has 2 aromatic carbocycles. The largest absolute Gasteiger partial charge is 0.467 e. The fourth-order valence-corrected chi connectivity index (χ4v) is 3.61. The van der Waals surface area contributed by atoms with E-state index >= 15 is 0 Å². The average Bonchev–Trinajstić information content (AvgIpc) is 3.26. The Bertz CT molecular complexity index is 1020. The molecule has 0 saturated heterocycles. The van der Waals surface area contributed by atoms with Gasteiger partial charge in [0, 0.05) is 17.1 Å². The van der Waals surface area contributed by atoms with Crippen molar-refractivity contribution in [2.24, 2.45) is 0 Å². The summed E-state index contributed by atoms with van der Waals surface area (Å²) in [5.74, 6) is -0.160. The van der Waals surface area contributed by atoms with Gasteiger partial charge in [-0.1, -0.05) is 24.3 Å². The van der Waals surface area contributed by atoms with Crippen LogP contribution in [0, 0.1) is 5.82 Å². The van der Waals surface area contributed by atoms with Crippen molar-refractivity contribution in [1.82, 2.24) is 9.80 Å². The minimum absolute atomic E-state index is 0.0836. The Morgan fingerprint density at radius 1 is 1.00 bits per heavy atom. The lowest BCUT2D eigenvalue weighted by molar-refractivity contribution is -0.133. The van der Waals surface area contributed by atoms with Gasteiger partial charge in [-0.3, -0.25) is 9.59 Å². The van der Waals surface area contributed by atoms with Gasteiger partial charge < -0.3 is 14.2 Å². The van der Waals surface area contributed by atoms with Crippen LogP contribution in [-0.2, 0) is 17.9 Å². The third kappa shape index (κ3) is 6.04. The van der Waals surface area contributed by atoms with Crippen LogP contribution in [0.4, 0.5) is 4.39 Å². The summed E-state index contributed by atoms with van der Waals surface area (Å²) in [6, 6.07) is 16.5. The minimum atomic E-state index is -0.335. The summed E-state index contributed by atoms with van der Waals surface area (Å²) in [6.07, 6.45) is 1.55. The molecule has 1 aromatic heterocycles. The van der Waals surface area contributed by atoms with Crippen LogP contribution in [0.5, 0.6) is 0 Å². The van der Waals surface area contributed by atoms with Crippen LogP contribution in [0.1, 0.15) is 35.5 Å². The molecule has 0 N–H and O–H groups in total. The molecule has 0 fully saturated rings. The highest BCUT2D eigenvalue weighted by Crippen LogP contribution is 2.20. The van der Waals surface area contributed by atoms with E-state index in [2.05, 4.69) is 15.9 Å². The smallest absolute Gasteiger partial charge is 0.255 e. The van der Waals surface area contributed by atoms with Gasteiger partial charge in [-0.25, -0.2) is 4.39 Å². The maximum absolute atomic E-state index is 13.3. The van der Waals surface area contributed by atoms with E-state index in [0.717, 1.165) is 5.56 Å². The summed E-state index contributed by atoms with van der Waals surface area (Å²) >= 11 is 3.41. The first-order valence-corrected chi connectivity index (χ1v) is 10.7. The summed E-state index contributed by atoms with van der Waals surface area (Å²) in [7, 11) is 0. The van der Waals surface area contributed by atoms with Gasteiger partial charge in [-0.2, -0.15) is 0 Å². The molecule has 31 heavy (non-hydrogen) atoms. The quantitative estimate of drug-likeness (QED) is 0.436. The zero-order valence-electron chi connectivity index (χ0n) is 17.4. The van der Waals surface area contributed by atoms with Crippen molar-refractivity contribution in [3.8, 4) is 0 Å². The van der Waals surface area contributed by atoms with E-state index in [0.29, 0.717) is 15.8 Å². The van der Waals surface area contributed by atoms with Crippen molar-refractivity contribution in [3.05, 3.63) is 94.1 Å². The second-order valence-corrected chi connectivity index (χ2v) is 8.32. The fraction of sp³-hybridized carbons (Fsp3) is 0.250. The molecule has 1 heterocycles. The summed E-state index contributed by atoms with van der Waals surface area (Å²) in [6.45, 7) is 4.19. The molecule has 0 saturated carbocycles. The molecular formula is C24H24BrFN2O3. The highest BCUT2D eigenvalue weighted by Gasteiger charge is 2.26. The first-order chi connectivity index (χ1) is 14.8. The van der Waals surface area contributed by atoms with Crippen LogP contribution in [0.15, 0.2) is 75.8 Å². The van der Waals surface area contributed by atoms with Gasteiger partial charge in [0.15, 0.2) is 0 Å². The van der Waals surface area contributed by atoms with Gasteiger partial charge in [0.25, 0.3) is 5.91 Å². The summed E-state index contributed by atoms with van der Waals surface area (Å²) < 4.78 is 19.4. The van der Waals surface area contributed by atoms with Crippen LogP contribution in [0.25, 0.3) is 0 Å². The lowest BCUT2D eigenvalue weighted by Crippen LogP contribution is -2.45. The van der Waals surface area contributed by atoms with Crippen molar-refractivity contribution in [3.63, 3.8) is 0 Å². The predicted molar refractivity (Wildman–Crippen MR) is 120 cm³/mol. The first kappa shape index (κ1) is 22.7. The van der Waals surface area contributed by atoms with Crippen LogP contribution >= 0.6 is 15.9 Å². The minimum Gasteiger partial charge on any atom is -0.467 e. The first-order valence-electron chi connectivity index (χ1n) is 9.95. The molecule has 2 amide bonds. The number of hydrogen-bond donors (Lipinski definition) is 0. The van der Waals surface area contributed by atoms with Crippen molar-refractivity contribution in [2.45, 2.75) is 33.0 Å². The number of carbonyl (C=O) groups excluding carboxylic acids is 2. The second-order valence-electron chi connectivity index (χ2n) is 7.46. The molecule has 0 unspecified atom stereocenters. The monoisotopic (exact) mass is 486 g/mol. The maximum Gasteiger partial charge on any atom is 0.255 e. The summed E-state index contributed by atoms with van der Waals surface area (Å²) in [5, 5.41) is 0. The van der Waals surface area contributed by atoms with E-state index in [4.69, 9.17) is 4.42 Å². The normalized spacial score (nSPS) is 10.9. The molecule has 3 aromatic rings. The average molecular weight is 487 g/mol. The van der Waals surface area contributed by atoms with Crippen molar-refractivity contribution < 1.29 is 18.4 Å². The topological polar surface area (TPSA) is 53.8 Å². The molecule has 162 valence electrons. The molecule has 0 spiro atoms. The van der Waals surface area contributed by atoms with Crippen molar-refractivity contribution in [1.29, 1.82) is 0 Å². The van der Waals surface area contributed by atoms with Gasteiger partial charge in [-0.05, 0) is 71.7 Å². The van der Waals surface area contributed by atoms with Gasteiger partial charge in [-0.15, -0.1) is 0 Å². The Balaban J connectivity index is 1.81. The molecule has 0 bridgehead atoms. The van der Waals surface area contributed by atoms with Crippen molar-refractivity contribution in [2.75, 3.05) is 6.54 Å². The number of furan rings is 1. The Morgan fingerprint density at radius 3 is 2.32 bits per heavy atom. The van der Waals surface area contributed by atoms with Gasteiger partial charge in [0.05, 0.1) is 18.4 Å². The molecule has 0 aliphatic rings. The van der Waals surface area contributed by atoms with Crippen LogP contribution in [0.3, 0.4) is 0 Å². The maximum atomic E-state index is 13.3. The van der Waals surface area contributed by atoms with Gasteiger partial charge in [0.1, 0.15) is 18.1 Å². The van der Waals surface area contributed by atoms with Crippen LogP contribution in [0.2, 0.25) is 0 Å². The highest BCUT2D eigenvalue weighted by atomic mass is 79.9. The number of hydrogen-bond acceptors (Lipinski definition) is 3. The Morgan fingerprint density at radius 2 is 1.71 bits per heavy atom. The zero-order valence-corrected chi connectivity index (χ0v) is 19.0. The Kier molecular flexibility index (Phi) is 7.63. The van der Waals surface area contributed by atoms with Crippen LogP contribution in [-0.4, -0.2) is 34.2 Å². The molecule has 0 aliphatic carbocycles.